The molecule has 1 aliphatic heterocycles. The third kappa shape index (κ3) is 4.04. The number of carbonyl (C=O) groups excluding carboxylic acids is 2. The van der Waals surface area contributed by atoms with Crippen LogP contribution in [0.25, 0.3) is 0 Å². The third-order valence-electron chi connectivity index (χ3n) is 3.23. The van der Waals surface area contributed by atoms with Gasteiger partial charge in [0.05, 0.1) is 4.92 Å². The van der Waals surface area contributed by atoms with E-state index in [1.807, 2.05) is 0 Å². The van der Waals surface area contributed by atoms with Crippen LogP contribution >= 0.6 is 11.3 Å². The van der Waals surface area contributed by atoms with E-state index < -0.39 is 23.4 Å². The lowest BCUT2D eigenvalue weighted by Crippen LogP contribution is -2.28. The Labute approximate surface area is 145 Å². The number of rotatable bonds is 6. The first kappa shape index (κ1) is 16.7. The maximum Gasteiger partial charge on any atom is 0.349 e. The lowest BCUT2D eigenvalue weighted by molar-refractivity contribution is -0.380. The van der Waals surface area contributed by atoms with E-state index in [0.717, 1.165) is 5.56 Å². The summed E-state index contributed by atoms with van der Waals surface area (Å²) >= 11 is 0.691. The number of fused-ring (bicyclic) bond motifs is 1. The summed E-state index contributed by atoms with van der Waals surface area (Å²) in [7, 11) is 0. The molecule has 1 N–H and O–H groups in total. The molecule has 1 aromatic heterocycles. The molecule has 2 heterocycles. The monoisotopic (exact) mass is 364 g/mol. The third-order valence-corrected chi connectivity index (χ3v) is 4.25. The van der Waals surface area contributed by atoms with E-state index in [9.17, 15) is 19.7 Å². The molecule has 0 fully saturated rings. The van der Waals surface area contributed by atoms with Crippen LogP contribution in [0.2, 0.25) is 0 Å². The molecule has 0 atom stereocenters. The van der Waals surface area contributed by atoms with Gasteiger partial charge < -0.3 is 19.5 Å². The van der Waals surface area contributed by atoms with E-state index in [2.05, 4.69) is 5.32 Å². The Morgan fingerprint density at radius 1 is 1.24 bits per heavy atom. The van der Waals surface area contributed by atoms with Crippen molar-refractivity contribution in [2.24, 2.45) is 0 Å². The van der Waals surface area contributed by atoms with Crippen LogP contribution in [0.1, 0.15) is 15.2 Å². The predicted octanol–water partition coefficient (Wildman–Crippen LogP) is 1.86. The molecule has 0 bridgehead atoms. The van der Waals surface area contributed by atoms with Crippen molar-refractivity contribution in [2.75, 3.05) is 13.4 Å². The highest BCUT2D eigenvalue weighted by atomic mass is 32.1. The van der Waals surface area contributed by atoms with Gasteiger partial charge in [-0.05, 0) is 23.8 Å². The quantitative estimate of drug-likeness (QED) is 0.472. The molecular weight excluding hydrogens is 352 g/mol. The standard InChI is InChI=1S/C15H12N2O7S/c18-13(7-22-15(19)12-3-4-14(25-12)17(20)21)16-6-9-1-2-10-11(5-9)24-8-23-10/h1-5H,6-8H2,(H,16,18). The fourth-order valence-electron chi connectivity index (χ4n) is 2.04. The Kier molecular flexibility index (Phi) is 4.80. The fourth-order valence-corrected chi connectivity index (χ4v) is 2.75. The number of esters is 1. The molecule has 25 heavy (non-hydrogen) atoms. The molecule has 0 saturated carbocycles. The zero-order chi connectivity index (χ0) is 17.8. The van der Waals surface area contributed by atoms with Crippen molar-refractivity contribution in [2.45, 2.75) is 6.54 Å². The summed E-state index contributed by atoms with van der Waals surface area (Å²) in [6.45, 7) is -0.0748. The number of thiophene rings is 1. The van der Waals surface area contributed by atoms with Crippen molar-refractivity contribution in [3.8, 4) is 11.5 Å². The Balaban J connectivity index is 1.46. The van der Waals surface area contributed by atoms with E-state index in [-0.39, 0.29) is 23.2 Å². The molecule has 0 aliphatic carbocycles. The summed E-state index contributed by atoms with van der Waals surface area (Å²) in [5.41, 5.74) is 0.804. The second kappa shape index (κ2) is 7.18. The average molecular weight is 364 g/mol. The van der Waals surface area contributed by atoms with Crippen LogP contribution < -0.4 is 14.8 Å². The summed E-state index contributed by atoms with van der Waals surface area (Å²) < 4.78 is 15.3. The fraction of sp³-hybridized carbons (Fsp3) is 0.200. The van der Waals surface area contributed by atoms with E-state index in [4.69, 9.17) is 14.2 Å². The lowest BCUT2D eigenvalue weighted by atomic mass is 10.2. The Hall–Kier alpha value is -3.14. The second-order valence-corrected chi connectivity index (χ2v) is 6.00. The molecule has 1 amide bonds. The SMILES string of the molecule is O=C(COC(=O)c1ccc([N+](=O)[O-])s1)NCc1ccc2c(c1)OCO2. The van der Waals surface area contributed by atoms with Gasteiger partial charge in [-0.25, -0.2) is 4.79 Å². The van der Waals surface area contributed by atoms with Gasteiger partial charge >= 0.3 is 11.0 Å². The zero-order valence-electron chi connectivity index (χ0n) is 12.7. The van der Waals surface area contributed by atoms with E-state index in [0.29, 0.717) is 22.8 Å². The van der Waals surface area contributed by atoms with Gasteiger partial charge in [-0.3, -0.25) is 14.9 Å². The van der Waals surface area contributed by atoms with Crippen molar-refractivity contribution in [1.82, 2.24) is 5.32 Å². The zero-order valence-corrected chi connectivity index (χ0v) is 13.5. The van der Waals surface area contributed by atoms with Crippen molar-refractivity contribution < 1.29 is 28.7 Å². The van der Waals surface area contributed by atoms with Gasteiger partial charge in [-0.1, -0.05) is 17.4 Å². The number of hydrogen-bond donors (Lipinski definition) is 1. The number of amides is 1. The minimum absolute atomic E-state index is 0.0651. The van der Waals surface area contributed by atoms with Crippen LogP contribution in [0.5, 0.6) is 11.5 Å². The van der Waals surface area contributed by atoms with Gasteiger partial charge in [0.2, 0.25) is 6.79 Å². The van der Waals surface area contributed by atoms with Crippen molar-refractivity contribution >= 4 is 28.2 Å². The van der Waals surface area contributed by atoms with Gasteiger partial charge in [0.1, 0.15) is 4.88 Å². The first-order valence-corrected chi connectivity index (χ1v) is 7.91. The summed E-state index contributed by atoms with van der Waals surface area (Å²) in [6, 6.07) is 7.77. The van der Waals surface area contributed by atoms with Crippen LogP contribution in [0.4, 0.5) is 5.00 Å². The minimum atomic E-state index is -0.781. The lowest BCUT2D eigenvalue weighted by Gasteiger charge is -2.06. The Bertz CT molecular complexity index is 833. The maximum atomic E-state index is 11.8. The highest BCUT2D eigenvalue weighted by Crippen LogP contribution is 2.32. The Morgan fingerprint density at radius 2 is 2.04 bits per heavy atom. The van der Waals surface area contributed by atoms with E-state index in [1.165, 1.54) is 12.1 Å². The highest BCUT2D eigenvalue weighted by molar-refractivity contribution is 7.17. The van der Waals surface area contributed by atoms with Gasteiger partial charge in [0, 0.05) is 12.6 Å². The largest absolute Gasteiger partial charge is 0.454 e. The second-order valence-electron chi connectivity index (χ2n) is 4.94. The van der Waals surface area contributed by atoms with Crippen molar-refractivity contribution in [3.63, 3.8) is 0 Å². The topological polar surface area (TPSA) is 117 Å². The molecule has 130 valence electrons. The molecule has 1 aliphatic rings. The normalized spacial score (nSPS) is 11.8. The number of carbonyl (C=O) groups is 2. The number of nitrogens with one attached hydrogen (secondary N) is 1. The van der Waals surface area contributed by atoms with Crippen LogP contribution in [0, 0.1) is 10.1 Å². The van der Waals surface area contributed by atoms with Crippen molar-refractivity contribution in [3.05, 3.63) is 50.9 Å². The first-order valence-electron chi connectivity index (χ1n) is 7.09. The van der Waals surface area contributed by atoms with E-state index >= 15 is 0 Å². The van der Waals surface area contributed by atoms with Gasteiger partial charge in [0.25, 0.3) is 5.91 Å². The highest BCUT2D eigenvalue weighted by Gasteiger charge is 2.17. The van der Waals surface area contributed by atoms with Crippen LogP contribution in [-0.2, 0) is 16.1 Å². The molecule has 0 spiro atoms. The molecule has 0 radical (unpaired) electrons. The molecule has 1 aromatic carbocycles. The number of ether oxygens (including phenoxy) is 3. The molecule has 0 saturated heterocycles. The summed E-state index contributed by atoms with van der Waals surface area (Å²) in [5, 5.41) is 13.0. The van der Waals surface area contributed by atoms with Crippen LogP contribution in [0.3, 0.4) is 0 Å². The predicted molar refractivity (Wildman–Crippen MR) is 85.7 cm³/mol. The number of benzene rings is 1. The Morgan fingerprint density at radius 3 is 2.80 bits per heavy atom. The van der Waals surface area contributed by atoms with Gasteiger partial charge in [0.15, 0.2) is 18.1 Å². The van der Waals surface area contributed by atoms with Crippen molar-refractivity contribution in [1.29, 1.82) is 0 Å². The molecular formula is C15H12N2O7S. The first-order chi connectivity index (χ1) is 12.0. The van der Waals surface area contributed by atoms with Gasteiger partial charge in [-0.15, -0.1) is 0 Å². The summed E-state index contributed by atoms with van der Waals surface area (Å²) in [6.07, 6.45) is 0. The van der Waals surface area contributed by atoms with Crippen LogP contribution in [-0.4, -0.2) is 30.2 Å². The molecule has 0 unspecified atom stereocenters. The smallest absolute Gasteiger partial charge is 0.349 e. The minimum Gasteiger partial charge on any atom is -0.454 e. The van der Waals surface area contributed by atoms with E-state index in [1.54, 1.807) is 18.2 Å². The molecule has 9 nitrogen and oxygen atoms in total. The molecule has 10 heteroatoms. The molecule has 3 rings (SSSR count). The summed E-state index contributed by atoms with van der Waals surface area (Å²) in [4.78, 5) is 33.5. The summed E-state index contributed by atoms with van der Waals surface area (Å²) in [5.74, 6) is -0.0140. The number of nitro groups is 1. The molecule has 2 aromatic rings. The number of nitrogens with zero attached hydrogens (tertiary/aromatic N) is 1. The number of hydrogen-bond acceptors (Lipinski definition) is 8. The van der Waals surface area contributed by atoms with Crippen LogP contribution in [0.15, 0.2) is 30.3 Å². The van der Waals surface area contributed by atoms with Gasteiger partial charge in [-0.2, -0.15) is 0 Å². The maximum absolute atomic E-state index is 11.8. The average Bonchev–Trinajstić information content (AvgIpc) is 3.26.